The second-order valence-electron chi connectivity index (χ2n) is 6.51. The fraction of sp³-hybridized carbons (Fsp3) is 0.353. The van der Waals surface area contributed by atoms with Gasteiger partial charge in [-0.1, -0.05) is 38.1 Å². The number of carbonyl (C=O) groups excluding carboxylic acids is 1. The number of aromatic nitrogens is 3. The van der Waals surface area contributed by atoms with Crippen molar-refractivity contribution in [3.63, 3.8) is 0 Å². The van der Waals surface area contributed by atoms with Crippen LogP contribution in [0.15, 0.2) is 47.2 Å². The van der Waals surface area contributed by atoms with E-state index >= 15 is 0 Å². The first-order valence-electron chi connectivity index (χ1n) is 7.98. The first kappa shape index (κ1) is 19.1. The zero-order valence-corrected chi connectivity index (χ0v) is 15.0. The van der Waals surface area contributed by atoms with Crippen molar-refractivity contribution in [2.24, 2.45) is 15.7 Å². The van der Waals surface area contributed by atoms with E-state index in [1.165, 1.54) is 18.6 Å². The number of nitrogens with one attached hydrogen (secondary N) is 1. The molecule has 0 unspecified atom stereocenters. The summed E-state index contributed by atoms with van der Waals surface area (Å²) in [5.41, 5.74) is 3.27. The number of phenolic OH excluding ortho intramolecular Hbond substituents is 1. The summed E-state index contributed by atoms with van der Waals surface area (Å²) in [7, 11) is 0. The van der Waals surface area contributed by atoms with E-state index in [0.29, 0.717) is 17.8 Å². The van der Waals surface area contributed by atoms with Crippen LogP contribution in [0.2, 0.25) is 0 Å². The summed E-state index contributed by atoms with van der Waals surface area (Å²) in [5, 5.41) is 21.5. The predicted molar refractivity (Wildman–Crippen MR) is 96.7 cm³/mol. The van der Waals surface area contributed by atoms with Crippen molar-refractivity contribution in [3.8, 4) is 5.75 Å². The third kappa shape index (κ3) is 6.00. The fourth-order valence-corrected chi connectivity index (χ4v) is 1.84. The number of hydrazone groups is 1. The Morgan fingerprint density at radius 3 is 2.81 bits per heavy atom. The molecule has 0 radical (unpaired) electrons. The molecule has 1 amide bonds. The molecule has 0 saturated heterocycles. The van der Waals surface area contributed by atoms with Crippen LogP contribution in [0.4, 0.5) is 0 Å². The quantitative estimate of drug-likeness (QED) is 0.576. The number of para-hydroxylation sites is 1. The highest BCUT2D eigenvalue weighted by molar-refractivity contribution is 5.88. The topological polar surface area (TPSA) is 114 Å². The number of nitrogens with zero attached hydrogens (tertiary/aromatic N) is 5. The Balaban J connectivity index is 1.86. The summed E-state index contributed by atoms with van der Waals surface area (Å²) in [6, 6.07) is 6.66. The highest BCUT2D eigenvalue weighted by atomic mass is 16.6. The zero-order valence-electron chi connectivity index (χ0n) is 15.0. The van der Waals surface area contributed by atoms with Crippen molar-refractivity contribution in [2.45, 2.75) is 27.3 Å². The Kier molecular flexibility index (Phi) is 6.42. The fourth-order valence-electron chi connectivity index (χ4n) is 1.84. The Labute approximate surface area is 151 Å². The molecule has 9 nitrogen and oxygen atoms in total. The SMILES string of the molecule is CC(C)(C)/C(Cn1cncn1)=N/OCC(=O)N/N=C/c1ccccc1O. The van der Waals surface area contributed by atoms with Gasteiger partial charge in [-0.15, -0.1) is 0 Å². The highest BCUT2D eigenvalue weighted by Crippen LogP contribution is 2.17. The molecule has 0 aliphatic carbocycles. The maximum absolute atomic E-state index is 11.8. The monoisotopic (exact) mass is 358 g/mol. The lowest BCUT2D eigenvalue weighted by molar-refractivity contribution is -0.125. The summed E-state index contributed by atoms with van der Waals surface area (Å²) >= 11 is 0. The number of phenols is 1. The number of hydrogen-bond acceptors (Lipinski definition) is 7. The van der Waals surface area contributed by atoms with Gasteiger partial charge >= 0.3 is 0 Å². The molecule has 0 spiro atoms. The van der Waals surface area contributed by atoms with Crippen molar-refractivity contribution in [2.75, 3.05) is 6.61 Å². The summed E-state index contributed by atoms with van der Waals surface area (Å²) in [6.07, 6.45) is 4.38. The minimum absolute atomic E-state index is 0.0780. The molecular formula is C17H22N6O3. The largest absolute Gasteiger partial charge is 0.507 e. The number of aromatic hydroxyl groups is 1. The Morgan fingerprint density at radius 2 is 2.15 bits per heavy atom. The lowest BCUT2D eigenvalue weighted by atomic mass is 9.90. The molecule has 0 aliphatic rings. The third-order valence-electron chi connectivity index (χ3n) is 3.34. The summed E-state index contributed by atoms with van der Waals surface area (Å²) in [6.45, 7) is 6.10. The van der Waals surface area contributed by atoms with Crippen LogP contribution in [0.25, 0.3) is 0 Å². The molecule has 0 atom stereocenters. The molecule has 9 heteroatoms. The first-order chi connectivity index (χ1) is 12.4. The molecule has 2 rings (SSSR count). The van der Waals surface area contributed by atoms with Crippen LogP contribution >= 0.6 is 0 Å². The Morgan fingerprint density at radius 1 is 1.38 bits per heavy atom. The van der Waals surface area contributed by atoms with Crippen LogP contribution in [-0.4, -0.2) is 44.3 Å². The van der Waals surface area contributed by atoms with Gasteiger partial charge in [0.1, 0.15) is 18.4 Å². The minimum Gasteiger partial charge on any atom is -0.507 e. The van der Waals surface area contributed by atoms with E-state index in [0.717, 1.165) is 0 Å². The average molecular weight is 358 g/mol. The number of carbonyl (C=O) groups is 1. The molecular weight excluding hydrogens is 336 g/mol. The molecule has 1 aromatic carbocycles. The van der Waals surface area contributed by atoms with Gasteiger partial charge in [-0.05, 0) is 12.1 Å². The normalized spacial score (nSPS) is 12.3. The van der Waals surface area contributed by atoms with Crippen molar-refractivity contribution in [3.05, 3.63) is 42.5 Å². The van der Waals surface area contributed by atoms with Gasteiger partial charge in [0.05, 0.1) is 18.5 Å². The van der Waals surface area contributed by atoms with Crippen molar-refractivity contribution in [1.82, 2.24) is 20.2 Å². The van der Waals surface area contributed by atoms with Crippen LogP contribution in [0.5, 0.6) is 5.75 Å². The van der Waals surface area contributed by atoms with Crippen LogP contribution in [0.1, 0.15) is 26.3 Å². The van der Waals surface area contributed by atoms with Gasteiger partial charge in [0.2, 0.25) is 0 Å². The van der Waals surface area contributed by atoms with E-state index in [2.05, 4.69) is 25.8 Å². The van der Waals surface area contributed by atoms with E-state index in [1.54, 1.807) is 29.2 Å². The van der Waals surface area contributed by atoms with E-state index in [9.17, 15) is 9.90 Å². The second-order valence-corrected chi connectivity index (χ2v) is 6.51. The van der Waals surface area contributed by atoms with E-state index in [4.69, 9.17) is 4.84 Å². The molecule has 1 aromatic heterocycles. The second kappa shape index (κ2) is 8.75. The maximum atomic E-state index is 11.8. The lowest BCUT2D eigenvalue weighted by Gasteiger charge is -2.20. The standard InChI is InChI=1S/C17H22N6O3/c1-17(2,3)15(9-23-12-18-11-20-23)22-26-10-16(25)21-19-8-13-6-4-5-7-14(13)24/h4-8,11-12,24H,9-10H2,1-3H3,(H,21,25)/b19-8+,22-15+. The van der Waals surface area contributed by atoms with E-state index < -0.39 is 5.91 Å². The zero-order chi connectivity index (χ0) is 19.0. The number of amides is 1. The van der Waals surface area contributed by atoms with Gasteiger partial charge in [-0.2, -0.15) is 10.2 Å². The highest BCUT2D eigenvalue weighted by Gasteiger charge is 2.21. The van der Waals surface area contributed by atoms with Crippen LogP contribution in [0, 0.1) is 5.41 Å². The van der Waals surface area contributed by atoms with Crippen LogP contribution < -0.4 is 5.43 Å². The molecule has 0 bridgehead atoms. The molecule has 1 heterocycles. The molecule has 0 aliphatic heterocycles. The van der Waals surface area contributed by atoms with E-state index in [-0.39, 0.29) is 17.8 Å². The number of oxime groups is 1. The summed E-state index contributed by atoms with van der Waals surface area (Å²) in [5.74, 6) is -0.385. The smallest absolute Gasteiger partial charge is 0.280 e. The average Bonchev–Trinajstić information content (AvgIpc) is 3.08. The van der Waals surface area contributed by atoms with Gasteiger partial charge in [-0.3, -0.25) is 4.79 Å². The molecule has 26 heavy (non-hydrogen) atoms. The number of hydrogen-bond donors (Lipinski definition) is 2. The molecule has 138 valence electrons. The van der Waals surface area contributed by atoms with Gasteiger partial charge in [0, 0.05) is 11.0 Å². The van der Waals surface area contributed by atoms with E-state index in [1.807, 2.05) is 20.8 Å². The van der Waals surface area contributed by atoms with Crippen molar-refractivity contribution < 1.29 is 14.7 Å². The van der Waals surface area contributed by atoms with Gasteiger partial charge < -0.3 is 9.94 Å². The van der Waals surface area contributed by atoms with Crippen LogP contribution in [0.3, 0.4) is 0 Å². The van der Waals surface area contributed by atoms with Crippen molar-refractivity contribution in [1.29, 1.82) is 0 Å². The Bertz CT molecular complexity index is 778. The molecule has 2 N–H and O–H groups in total. The Hall–Kier alpha value is -3.23. The summed E-state index contributed by atoms with van der Waals surface area (Å²) < 4.78 is 1.63. The van der Waals surface area contributed by atoms with Gasteiger partial charge in [0.15, 0.2) is 6.61 Å². The first-order valence-corrected chi connectivity index (χ1v) is 7.98. The van der Waals surface area contributed by atoms with Crippen molar-refractivity contribution >= 4 is 17.8 Å². The lowest BCUT2D eigenvalue weighted by Crippen LogP contribution is -2.27. The van der Waals surface area contributed by atoms with Gasteiger partial charge in [0.25, 0.3) is 5.91 Å². The third-order valence-corrected chi connectivity index (χ3v) is 3.34. The molecule has 0 saturated carbocycles. The maximum Gasteiger partial charge on any atom is 0.280 e. The van der Waals surface area contributed by atoms with Gasteiger partial charge in [-0.25, -0.2) is 15.1 Å². The number of benzene rings is 1. The summed E-state index contributed by atoms with van der Waals surface area (Å²) in [4.78, 5) is 20.8. The molecule has 0 fully saturated rings. The number of rotatable bonds is 7. The van der Waals surface area contributed by atoms with Crippen LogP contribution in [-0.2, 0) is 16.2 Å². The molecule has 2 aromatic rings. The predicted octanol–water partition coefficient (Wildman–Crippen LogP) is 1.55. The minimum atomic E-state index is -0.463.